The molecule has 9 heteroatoms. The lowest BCUT2D eigenvalue weighted by Crippen LogP contribution is -2.43. The summed E-state index contributed by atoms with van der Waals surface area (Å²) in [6.45, 7) is 0.891. The minimum atomic E-state index is -0.804. The number of hydrogen-bond donors (Lipinski definition) is 3. The van der Waals surface area contributed by atoms with E-state index in [1.54, 1.807) is 0 Å². The standard InChI is InChI=1S/C10H16N6O3/c11-1-2-15-5-7(13-14-15)10(19)16-4-6(17)3-8(16)9(12)18/h5-6,8,17H,1-4,11H2,(H2,12,18). The smallest absolute Gasteiger partial charge is 0.276 e. The van der Waals surface area contributed by atoms with Crippen LogP contribution in [0.4, 0.5) is 0 Å². The van der Waals surface area contributed by atoms with E-state index < -0.39 is 24.0 Å². The Labute approximate surface area is 109 Å². The maximum atomic E-state index is 12.2. The van der Waals surface area contributed by atoms with Crippen molar-refractivity contribution < 1.29 is 14.7 Å². The Kier molecular flexibility index (Phi) is 3.76. The van der Waals surface area contributed by atoms with Crippen molar-refractivity contribution in [1.82, 2.24) is 19.9 Å². The van der Waals surface area contributed by atoms with E-state index >= 15 is 0 Å². The molecule has 2 atom stereocenters. The zero-order valence-corrected chi connectivity index (χ0v) is 10.3. The van der Waals surface area contributed by atoms with Gasteiger partial charge in [0, 0.05) is 19.5 Å². The van der Waals surface area contributed by atoms with Gasteiger partial charge in [0.1, 0.15) is 6.04 Å². The fraction of sp³-hybridized carbons (Fsp3) is 0.600. The SMILES string of the molecule is NCCn1cc(C(=O)N2CC(O)CC2C(N)=O)nn1. The molecule has 1 fully saturated rings. The Morgan fingerprint density at radius 1 is 1.53 bits per heavy atom. The molecule has 2 heterocycles. The molecule has 2 rings (SSSR count). The monoisotopic (exact) mass is 268 g/mol. The maximum Gasteiger partial charge on any atom is 0.276 e. The van der Waals surface area contributed by atoms with E-state index in [4.69, 9.17) is 11.5 Å². The summed E-state index contributed by atoms with van der Waals surface area (Å²) in [6.07, 6.45) is 0.858. The van der Waals surface area contributed by atoms with Gasteiger partial charge in [0.2, 0.25) is 5.91 Å². The highest BCUT2D eigenvalue weighted by molar-refractivity contribution is 5.96. The average molecular weight is 268 g/mol. The van der Waals surface area contributed by atoms with Gasteiger partial charge in [-0.05, 0) is 0 Å². The Hall–Kier alpha value is -2.00. The second kappa shape index (κ2) is 5.33. The Bertz CT molecular complexity index is 487. The number of aliphatic hydroxyl groups excluding tert-OH is 1. The number of nitrogens with zero attached hydrogens (tertiary/aromatic N) is 4. The molecule has 0 aromatic carbocycles. The number of aromatic nitrogens is 3. The average Bonchev–Trinajstić information content (AvgIpc) is 2.95. The summed E-state index contributed by atoms with van der Waals surface area (Å²) >= 11 is 0. The summed E-state index contributed by atoms with van der Waals surface area (Å²) < 4.78 is 1.44. The topological polar surface area (TPSA) is 140 Å². The van der Waals surface area contributed by atoms with Crippen molar-refractivity contribution in [2.75, 3.05) is 13.1 Å². The first-order valence-electron chi connectivity index (χ1n) is 5.91. The van der Waals surface area contributed by atoms with Crippen LogP contribution in [-0.2, 0) is 11.3 Å². The summed E-state index contributed by atoms with van der Waals surface area (Å²) in [6, 6.07) is -0.804. The third-order valence-electron chi connectivity index (χ3n) is 2.98. The zero-order valence-electron chi connectivity index (χ0n) is 10.3. The van der Waals surface area contributed by atoms with E-state index in [0.29, 0.717) is 13.1 Å². The predicted octanol–water partition coefficient (Wildman–Crippen LogP) is -2.70. The van der Waals surface area contributed by atoms with E-state index in [-0.39, 0.29) is 18.7 Å². The Morgan fingerprint density at radius 3 is 2.89 bits per heavy atom. The molecule has 0 radical (unpaired) electrons. The van der Waals surface area contributed by atoms with Gasteiger partial charge in [0.25, 0.3) is 5.91 Å². The highest BCUT2D eigenvalue weighted by Gasteiger charge is 2.38. The number of rotatable bonds is 4. The lowest BCUT2D eigenvalue weighted by molar-refractivity contribution is -0.121. The van der Waals surface area contributed by atoms with E-state index in [0.717, 1.165) is 0 Å². The van der Waals surface area contributed by atoms with Crippen LogP contribution in [0.25, 0.3) is 0 Å². The number of amides is 2. The van der Waals surface area contributed by atoms with E-state index in [1.807, 2.05) is 0 Å². The molecule has 104 valence electrons. The fourth-order valence-corrected chi connectivity index (χ4v) is 2.09. The molecule has 0 spiro atoms. The Morgan fingerprint density at radius 2 is 2.26 bits per heavy atom. The largest absolute Gasteiger partial charge is 0.391 e. The number of carbonyl (C=O) groups excluding carboxylic acids is 2. The van der Waals surface area contributed by atoms with Crippen LogP contribution in [0.3, 0.4) is 0 Å². The van der Waals surface area contributed by atoms with Crippen molar-refractivity contribution in [2.45, 2.75) is 25.1 Å². The first-order valence-corrected chi connectivity index (χ1v) is 5.91. The van der Waals surface area contributed by atoms with Crippen molar-refractivity contribution in [3.8, 4) is 0 Å². The van der Waals surface area contributed by atoms with Crippen molar-refractivity contribution in [2.24, 2.45) is 11.5 Å². The van der Waals surface area contributed by atoms with E-state index in [9.17, 15) is 14.7 Å². The molecule has 19 heavy (non-hydrogen) atoms. The number of β-amino-alcohol motifs (C(OH)–C–C–N with tert-alkyl or cyclic N) is 1. The molecule has 0 aliphatic carbocycles. The maximum absolute atomic E-state index is 12.2. The minimum Gasteiger partial charge on any atom is -0.391 e. The quantitative estimate of drug-likeness (QED) is 0.542. The molecule has 0 bridgehead atoms. The molecule has 9 nitrogen and oxygen atoms in total. The van der Waals surface area contributed by atoms with Crippen molar-refractivity contribution in [3.05, 3.63) is 11.9 Å². The lowest BCUT2D eigenvalue weighted by Gasteiger charge is -2.20. The first-order chi connectivity index (χ1) is 9.02. The summed E-state index contributed by atoms with van der Waals surface area (Å²) in [4.78, 5) is 24.7. The Balaban J connectivity index is 2.15. The van der Waals surface area contributed by atoms with E-state index in [2.05, 4.69) is 10.3 Å². The third kappa shape index (κ3) is 2.71. The van der Waals surface area contributed by atoms with Crippen LogP contribution in [0.1, 0.15) is 16.9 Å². The highest BCUT2D eigenvalue weighted by atomic mass is 16.3. The van der Waals surface area contributed by atoms with Crippen molar-refractivity contribution in [1.29, 1.82) is 0 Å². The van der Waals surface area contributed by atoms with Crippen LogP contribution in [0.2, 0.25) is 0 Å². The van der Waals surface area contributed by atoms with Gasteiger partial charge in [-0.3, -0.25) is 14.3 Å². The molecular formula is C10H16N6O3. The molecule has 0 saturated carbocycles. The molecule has 1 aliphatic heterocycles. The van der Waals surface area contributed by atoms with Crippen molar-refractivity contribution >= 4 is 11.8 Å². The van der Waals surface area contributed by atoms with Crippen LogP contribution in [0.15, 0.2) is 6.20 Å². The third-order valence-corrected chi connectivity index (χ3v) is 2.98. The van der Waals surface area contributed by atoms with Gasteiger partial charge in [-0.25, -0.2) is 0 Å². The van der Waals surface area contributed by atoms with Crippen LogP contribution >= 0.6 is 0 Å². The summed E-state index contributed by atoms with van der Waals surface area (Å²) in [7, 11) is 0. The molecule has 2 amide bonds. The van der Waals surface area contributed by atoms with Gasteiger partial charge < -0.3 is 21.5 Å². The molecule has 5 N–H and O–H groups in total. The predicted molar refractivity (Wildman–Crippen MR) is 63.7 cm³/mol. The van der Waals surface area contributed by atoms with Crippen LogP contribution in [0.5, 0.6) is 0 Å². The van der Waals surface area contributed by atoms with Gasteiger partial charge >= 0.3 is 0 Å². The van der Waals surface area contributed by atoms with Crippen LogP contribution in [0, 0.1) is 0 Å². The second-order valence-corrected chi connectivity index (χ2v) is 4.42. The number of carbonyl (C=O) groups is 2. The number of nitrogens with two attached hydrogens (primary N) is 2. The first kappa shape index (κ1) is 13.4. The zero-order chi connectivity index (χ0) is 14.0. The normalized spacial score (nSPS) is 22.7. The fourth-order valence-electron chi connectivity index (χ4n) is 2.09. The van der Waals surface area contributed by atoms with Gasteiger partial charge in [0.05, 0.1) is 18.8 Å². The van der Waals surface area contributed by atoms with Gasteiger partial charge in [-0.2, -0.15) is 0 Å². The lowest BCUT2D eigenvalue weighted by atomic mass is 10.2. The summed E-state index contributed by atoms with van der Waals surface area (Å²) in [5, 5.41) is 17.0. The summed E-state index contributed by atoms with van der Waals surface area (Å²) in [5.74, 6) is -1.11. The molecule has 1 aromatic heterocycles. The second-order valence-electron chi connectivity index (χ2n) is 4.42. The molecule has 2 unspecified atom stereocenters. The summed E-state index contributed by atoms with van der Waals surface area (Å²) in [5.41, 5.74) is 10.7. The molecule has 1 saturated heterocycles. The molecule has 1 aliphatic rings. The van der Waals surface area contributed by atoms with E-state index in [1.165, 1.54) is 15.8 Å². The van der Waals surface area contributed by atoms with Gasteiger partial charge in [-0.1, -0.05) is 5.21 Å². The van der Waals surface area contributed by atoms with Gasteiger partial charge in [0.15, 0.2) is 5.69 Å². The number of likely N-dealkylation sites (tertiary alicyclic amines) is 1. The van der Waals surface area contributed by atoms with Crippen molar-refractivity contribution in [3.63, 3.8) is 0 Å². The molecular weight excluding hydrogens is 252 g/mol. The number of aliphatic hydroxyl groups is 1. The number of primary amides is 1. The van der Waals surface area contributed by atoms with Crippen LogP contribution in [-0.4, -0.2) is 62.0 Å². The highest BCUT2D eigenvalue weighted by Crippen LogP contribution is 2.19. The van der Waals surface area contributed by atoms with Crippen LogP contribution < -0.4 is 11.5 Å². The number of hydrogen-bond acceptors (Lipinski definition) is 6. The van der Waals surface area contributed by atoms with Gasteiger partial charge in [-0.15, -0.1) is 5.10 Å². The molecule has 1 aromatic rings. The minimum absolute atomic E-state index is 0.0657.